The summed E-state index contributed by atoms with van der Waals surface area (Å²) in [5.74, 6) is 3.06. The van der Waals surface area contributed by atoms with Gasteiger partial charge in [0, 0.05) is 31.0 Å². The number of fused-ring (bicyclic) bond motifs is 2. The first-order valence-corrected chi connectivity index (χ1v) is 11.2. The lowest BCUT2D eigenvalue weighted by atomic mass is 10.0. The fraction of sp³-hybridized carbons (Fsp3) is 0.292. The lowest BCUT2D eigenvalue weighted by molar-refractivity contribution is 0.423. The van der Waals surface area contributed by atoms with E-state index in [2.05, 4.69) is 37.4 Å². The first kappa shape index (κ1) is 19.8. The van der Waals surface area contributed by atoms with Gasteiger partial charge in [-0.25, -0.2) is 4.98 Å². The number of furan rings is 2. The molecule has 168 valence electrons. The van der Waals surface area contributed by atoms with Crippen molar-refractivity contribution in [1.29, 1.82) is 0 Å². The number of anilines is 2. The molecule has 0 aliphatic carbocycles. The van der Waals surface area contributed by atoms with Crippen LogP contribution < -0.4 is 16.0 Å². The number of nitrogen functional groups attached to an aromatic ring is 1. The lowest BCUT2D eigenvalue weighted by Crippen LogP contribution is -2.48. The molecule has 0 amide bonds. The van der Waals surface area contributed by atoms with Gasteiger partial charge in [0.25, 0.3) is 0 Å². The molecule has 1 aromatic carbocycles. The number of nitrogens with two attached hydrogens (primary N) is 1. The number of likely N-dealkylation sites (N-methyl/N-ethyl adjacent to an activating group) is 1. The van der Waals surface area contributed by atoms with Crippen LogP contribution in [0.1, 0.15) is 18.6 Å². The first-order chi connectivity index (χ1) is 16.2. The zero-order valence-corrected chi connectivity index (χ0v) is 18.3. The molecule has 1 aliphatic heterocycles. The van der Waals surface area contributed by atoms with Crippen LogP contribution in [0.5, 0.6) is 0 Å². The number of aromatic nitrogens is 4. The standard InChI is InChI=1S/C24H25N7O2/c1-30(24-27-21(25)14-22-28-23(29-31(22)24)20-9-5-11-32-20)18(17-7-4-10-26-17)13-16-12-15-6-2-3-8-19(15)33-16/h2-3,5-6,8-9,11-12,14,17-18,26H,4,7,10,13,25H2,1H3. The Kier molecular flexibility index (Phi) is 4.76. The second-order valence-electron chi connectivity index (χ2n) is 8.50. The van der Waals surface area contributed by atoms with Gasteiger partial charge in [-0.2, -0.15) is 9.50 Å². The average molecular weight is 444 g/mol. The minimum Gasteiger partial charge on any atom is -0.461 e. The number of rotatable bonds is 6. The quantitative estimate of drug-likeness (QED) is 0.410. The molecule has 9 heteroatoms. The van der Waals surface area contributed by atoms with Crippen LogP contribution in [0.2, 0.25) is 0 Å². The smallest absolute Gasteiger partial charge is 0.230 e. The van der Waals surface area contributed by atoms with Gasteiger partial charge in [0.15, 0.2) is 11.4 Å². The van der Waals surface area contributed by atoms with Crippen LogP contribution in [0, 0.1) is 0 Å². The summed E-state index contributed by atoms with van der Waals surface area (Å²) in [5.41, 5.74) is 7.69. The van der Waals surface area contributed by atoms with Crippen molar-refractivity contribution in [3.05, 3.63) is 60.6 Å². The van der Waals surface area contributed by atoms with Gasteiger partial charge in [-0.15, -0.1) is 5.10 Å². The average Bonchev–Trinajstić information content (AvgIpc) is 3.60. The van der Waals surface area contributed by atoms with Crippen molar-refractivity contribution < 1.29 is 8.83 Å². The highest BCUT2D eigenvalue weighted by atomic mass is 16.3. The number of hydrogen-bond acceptors (Lipinski definition) is 8. The van der Waals surface area contributed by atoms with Crippen LogP contribution in [0.4, 0.5) is 11.8 Å². The van der Waals surface area contributed by atoms with Gasteiger partial charge < -0.3 is 24.8 Å². The number of hydrogen-bond donors (Lipinski definition) is 2. The van der Waals surface area contributed by atoms with E-state index in [0.717, 1.165) is 42.5 Å². The van der Waals surface area contributed by atoms with Crippen molar-refractivity contribution in [2.75, 3.05) is 24.2 Å². The van der Waals surface area contributed by atoms with E-state index >= 15 is 0 Å². The monoisotopic (exact) mass is 443 g/mol. The minimum atomic E-state index is 0.0850. The van der Waals surface area contributed by atoms with Gasteiger partial charge in [0.05, 0.1) is 12.3 Å². The maximum atomic E-state index is 6.17. The number of benzene rings is 1. The summed E-state index contributed by atoms with van der Waals surface area (Å²) < 4.78 is 13.4. The summed E-state index contributed by atoms with van der Waals surface area (Å²) in [6, 6.07) is 16.0. The molecule has 5 heterocycles. The maximum absolute atomic E-state index is 6.17. The predicted molar refractivity (Wildman–Crippen MR) is 126 cm³/mol. The van der Waals surface area contributed by atoms with Crippen molar-refractivity contribution in [1.82, 2.24) is 24.9 Å². The Bertz CT molecular complexity index is 1370. The molecule has 0 radical (unpaired) electrons. The SMILES string of the molecule is CN(c1nc(N)cc2nc(-c3ccco3)nn12)C(Cc1cc2ccccc2o1)C1CCCN1. The largest absolute Gasteiger partial charge is 0.461 e. The summed E-state index contributed by atoms with van der Waals surface area (Å²) in [5, 5.41) is 9.43. The van der Waals surface area contributed by atoms with E-state index in [1.54, 1.807) is 16.8 Å². The summed E-state index contributed by atoms with van der Waals surface area (Å²) in [7, 11) is 2.03. The van der Waals surface area contributed by atoms with Gasteiger partial charge in [-0.3, -0.25) is 0 Å². The Morgan fingerprint density at radius 3 is 2.91 bits per heavy atom. The van der Waals surface area contributed by atoms with Crippen molar-refractivity contribution >= 4 is 28.4 Å². The van der Waals surface area contributed by atoms with Crippen LogP contribution in [-0.4, -0.2) is 45.3 Å². The molecule has 5 aromatic rings. The van der Waals surface area contributed by atoms with E-state index in [9.17, 15) is 0 Å². The number of nitrogens with one attached hydrogen (secondary N) is 1. The number of nitrogens with zero attached hydrogens (tertiary/aromatic N) is 5. The number of para-hydroxylation sites is 1. The minimum absolute atomic E-state index is 0.0850. The lowest BCUT2D eigenvalue weighted by Gasteiger charge is -2.33. The summed E-state index contributed by atoms with van der Waals surface area (Å²) >= 11 is 0. The second kappa shape index (κ2) is 7.93. The molecule has 0 bridgehead atoms. The van der Waals surface area contributed by atoms with E-state index < -0.39 is 0 Å². The normalized spacial score (nSPS) is 17.2. The van der Waals surface area contributed by atoms with E-state index in [0.29, 0.717) is 29.0 Å². The Morgan fingerprint density at radius 1 is 1.21 bits per heavy atom. The molecule has 3 N–H and O–H groups in total. The molecular formula is C24H25N7O2. The van der Waals surface area contributed by atoms with Gasteiger partial charge in [0.2, 0.25) is 11.8 Å². The van der Waals surface area contributed by atoms with Crippen LogP contribution >= 0.6 is 0 Å². The molecule has 1 fully saturated rings. The molecule has 6 rings (SSSR count). The van der Waals surface area contributed by atoms with Gasteiger partial charge in [-0.05, 0) is 43.7 Å². The molecule has 33 heavy (non-hydrogen) atoms. The fourth-order valence-electron chi connectivity index (χ4n) is 4.71. The second-order valence-corrected chi connectivity index (χ2v) is 8.50. The topological polar surface area (TPSA) is 111 Å². The molecule has 0 spiro atoms. The van der Waals surface area contributed by atoms with Gasteiger partial charge in [-0.1, -0.05) is 18.2 Å². The Hall–Kier alpha value is -3.85. The zero-order chi connectivity index (χ0) is 22.4. The summed E-state index contributed by atoms with van der Waals surface area (Å²) in [6.45, 7) is 1.00. The first-order valence-electron chi connectivity index (χ1n) is 11.2. The maximum Gasteiger partial charge on any atom is 0.230 e. The van der Waals surface area contributed by atoms with Gasteiger partial charge in [0.1, 0.15) is 17.2 Å². The van der Waals surface area contributed by atoms with Crippen LogP contribution in [-0.2, 0) is 6.42 Å². The third-order valence-electron chi connectivity index (χ3n) is 6.33. The molecule has 0 saturated carbocycles. The van der Waals surface area contributed by atoms with Crippen LogP contribution in [0.3, 0.4) is 0 Å². The van der Waals surface area contributed by atoms with E-state index in [1.165, 1.54) is 0 Å². The summed E-state index contributed by atoms with van der Waals surface area (Å²) in [4.78, 5) is 11.4. The van der Waals surface area contributed by atoms with E-state index in [4.69, 9.17) is 14.6 Å². The van der Waals surface area contributed by atoms with Crippen molar-refractivity contribution in [2.45, 2.75) is 31.3 Å². The fourth-order valence-corrected chi connectivity index (χ4v) is 4.71. The highest BCUT2D eigenvalue weighted by Gasteiger charge is 2.31. The van der Waals surface area contributed by atoms with E-state index in [-0.39, 0.29) is 12.1 Å². The summed E-state index contributed by atoms with van der Waals surface area (Å²) in [6.07, 6.45) is 4.55. The molecular weight excluding hydrogens is 418 g/mol. The molecule has 1 saturated heterocycles. The predicted octanol–water partition coefficient (Wildman–Crippen LogP) is 3.51. The highest BCUT2D eigenvalue weighted by Crippen LogP contribution is 2.27. The Morgan fingerprint density at radius 2 is 2.12 bits per heavy atom. The molecule has 2 unspecified atom stereocenters. The molecule has 1 aliphatic rings. The van der Waals surface area contributed by atoms with Crippen LogP contribution in [0.15, 0.2) is 63.6 Å². The molecule has 2 atom stereocenters. The third kappa shape index (κ3) is 3.60. The Balaban J connectivity index is 1.40. The zero-order valence-electron chi connectivity index (χ0n) is 18.3. The van der Waals surface area contributed by atoms with E-state index in [1.807, 2.05) is 37.4 Å². The van der Waals surface area contributed by atoms with Crippen molar-refractivity contribution in [3.63, 3.8) is 0 Å². The third-order valence-corrected chi connectivity index (χ3v) is 6.33. The molecule has 9 nitrogen and oxygen atoms in total. The Labute approximate surface area is 190 Å². The van der Waals surface area contributed by atoms with Crippen molar-refractivity contribution in [3.8, 4) is 11.6 Å². The van der Waals surface area contributed by atoms with Crippen molar-refractivity contribution in [2.24, 2.45) is 0 Å². The highest BCUT2D eigenvalue weighted by molar-refractivity contribution is 5.77. The van der Waals surface area contributed by atoms with Gasteiger partial charge >= 0.3 is 0 Å². The molecule has 4 aromatic heterocycles. The van der Waals surface area contributed by atoms with Crippen LogP contribution in [0.25, 0.3) is 28.2 Å².